The predicted octanol–water partition coefficient (Wildman–Crippen LogP) is 0.956. The predicted molar refractivity (Wildman–Crippen MR) is 66.7 cm³/mol. The van der Waals surface area contributed by atoms with Gasteiger partial charge in [-0.15, -0.1) is 0 Å². The number of hydrogen-bond acceptors (Lipinski definition) is 5. The van der Waals surface area contributed by atoms with Crippen LogP contribution in [-0.4, -0.2) is 32.9 Å². The molecule has 0 fully saturated rings. The van der Waals surface area contributed by atoms with Gasteiger partial charge in [0.2, 0.25) is 11.7 Å². The molecule has 0 bridgehead atoms. The van der Waals surface area contributed by atoms with Crippen LogP contribution in [0.1, 0.15) is 12.0 Å². The van der Waals surface area contributed by atoms with Crippen LogP contribution < -0.4 is 19.9 Å². The number of nitrogens with one attached hydrogen (secondary N) is 1. The molecule has 0 saturated heterocycles. The third kappa shape index (κ3) is 2.91. The lowest BCUT2D eigenvalue weighted by Gasteiger charge is -2.14. The average Bonchev–Trinajstić information content (AvgIpc) is 2.35. The highest BCUT2D eigenvalue weighted by Crippen LogP contribution is 2.38. The van der Waals surface area contributed by atoms with Crippen LogP contribution >= 0.6 is 0 Å². The Morgan fingerprint density at radius 2 is 1.67 bits per heavy atom. The number of methoxy groups -OCH3 is 3. The summed E-state index contributed by atoms with van der Waals surface area (Å²) >= 11 is 0. The number of carbonyl (C=O) groups is 1. The maximum atomic E-state index is 10.8. The Bertz CT molecular complexity index is 446. The summed E-state index contributed by atoms with van der Waals surface area (Å²) in [5.41, 5.74) is 5.66. The zero-order valence-corrected chi connectivity index (χ0v) is 10.6. The van der Waals surface area contributed by atoms with Crippen LogP contribution in [0.25, 0.3) is 0 Å². The minimum atomic E-state index is -0.561. The highest BCUT2D eigenvalue weighted by molar-refractivity contribution is 6.09. The van der Waals surface area contributed by atoms with Crippen molar-refractivity contribution in [3.63, 3.8) is 0 Å². The Morgan fingerprint density at radius 1 is 1.17 bits per heavy atom. The number of amides is 1. The monoisotopic (exact) mass is 252 g/mol. The Kier molecular flexibility index (Phi) is 4.53. The number of primary amides is 1. The molecule has 1 rings (SSSR count). The van der Waals surface area contributed by atoms with Gasteiger partial charge < -0.3 is 25.4 Å². The largest absolute Gasteiger partial charge is 0.493 e. The smallest absolute Gasteiger partial charge is 0.223 e. The molecule has 0 saturated carbocycles. The summed E-state index contributed by atoms with van der Waals surface area (Å²) in [5, 5.41) is 7.78. The SMILES string of the molecule is COc1cc(C(=N)CC(N)=O)cc(OC)c1OC. The van der Waals surface area contributed by atoms with Crippen molar-refractivity contribution in [3.05, 3.63) is 17.7 Å². The molecule has 6 heteroatoms. The lowest BCUT2D eigenvalue weighted by Crippen LogP contribution is -2.16. The van der Waals surface area contributed by atoms with E-state index in [1.54, 1.807) is 12.1 Å². The number of rotatable bonds is 6. The van der Waals surface area contributed by atoms with Gasteiger partial charge in [0.15, 0.2) is 11.5 Å². The zero-order chi connectivity index (χ0) is 13.7. The van der Waals surface area contributed by atoms with Crippen molar-refractivity contribution >= 4 is 11.6 Å². The van der Waals surface area contributed by atoms with Crippen molar-refractivity contribution in [3.8, 4) is 17.2 Å². The van der Waals surface area contributed by atoms with Crippen molar-refractivity contribution in [2.24, 2.45) is 5.73 Å². The van der Waals surface area contributed by atoms with Gasteiger partial charge >= 0.3 is 0 Å². The van der Waals surface area contributed by atoms with E-state index in [0.29, 0.717) is 22.8 Å². The van der Waals surface area contributed by atoms with Crippen LogP contribution in [0, 0.1) is 5.41 Å². The van der Waals surface area contributed by atoms with Gasteiger partial charge in [-0.25, -0.2) is 0 Å². The molecule has 1 aromatic rings. The summed E-state index contributed by atoms with van der Waals surface area (Å²) < 4.78 is 15.5. The molecule has 1 amide bonds. The van der Waals surface area contributed by atoms with Crippen LogP contribution in [0.5, 0.6) is 17.2 Å². The van der Waals surface area contributed by atoms with Crippen molar-refractivity contribution in [1.29, 1.82) is 5.41 Å². The minimum Gasteiger partial charge on any atom is -0.493 e. The molecule has 0 aliphatic rings. The van der Waals surface area contributed by atoms with E-state index in [2.05, 4.69) is 0 Å². The first kappa shape index (κ1) is 13.8. The van der Waals surface area contributed by atoms with E-state index in [-0.39, 0.29) is 12.1 Å². The second kappa shape index (κ2) is 5.90. The van der Waals surface area contributed by atoms with E-state index in [1.165, 1.54) is 21.3 Å². The summed E-state index contributed by atoms with van der Waals surface area (Å²) in [6.07, 6.45) is -0.140. The van der Waals surface area contributed by atoms with Gasteiger partial charge in [0.1, 0.15) is 0 Å². The average molecular weight is 252 g/mol. The van der Waals surface area contributed by atoms with Gasteiger partial charge in [-0.2, -0.15) is 0 Å². The third-order valence-electron chi connectivity index (χ3n) is 2.36. The topological polar surface area (TPSA) is 94.6 Å². The Morgan fingerprint density at radius 3 is 2.00 bits per heavy atom. The van der Waals surface area contributed by atoms with Crippen molar-refractivity contribution in [2.75, 3.05) is 21.3 Å². The van der Waals surface area contributed by atoms with Gasteiger partial charge in [-0.1, -0.05) is 0 Å². The lowest BCUT2D eigenvalue weighted by atomic mass is 10.1. The molecular weight excluding hydrogens is 236 g/mol. The molecule has 18 heavy (non-hydrogen) atoms. The second-order valence-corrected chi connectivity index (χ2v) is 3.54. The molecule has 6 nitrogen and oxygen atoms in total. The summed E-state index contributed by atoms with van der Waals surface area (Å²) in [6.45, 7) is 0. The van der Waals surface area contributed by atoms with Crippen molar-refractivity contribution < 1.29 is 19.0 Å². The van der Waals surface area contributed by atoms with Crippen LogP contribution in [0.4, 0.5) is 0 Å². The van der Waals surface area contributed by atoms with E-state index >= 15 is 0 Å². The van der Waals surface area contributed by atoms with Gasteiger partial charge in [-0.05, 0) is 12.1 Å². The molecule has 0 unspecified atom stereocenters. The number of hydrogen-bond donors (Lipinski definition) is 2. The molecule has 98 valence electrons. The molecular formula is C12H16N2O4. The number of benzene rings is 1. The summed E-state index contributed by atoms with van der Waals surface area (Å²) in [5.74, 6) is 0.742. The van der Waals surface area contributed by atoms with Gasteiger partial charge in [0, 0.05) is 11.3 Å². The summed E-state index contributed by atoms with van der Waals surface area (Å²) in [4.78, 5) is 10.8. The van der Waals surface area contributed by atoms with E-state index in [1.807, 2.05) is 0 Å². The van der Waals surface area contributed by atoms with Crippen molar-refractivity contribution in [1.82, 2.24) is 0 Å². The first-order valence-electron chi connectivity index (χ1n) is 5.19. The van der Waals surface area contributed by atoms with Crippen molar-refractivity contribution in [2.45, 2.75) is 6.42 Å². The van der Waals surface area contributed by atoms with E-state index < -0.39 is 5.91 Å². The van der Waals surface area contributed by atoms with E-state index in [9.17, 15) is 4.79 Å². The molecule has 0 atom stereocenters. The first-order chi connectivity index (χ1) is 8.53. The Hall–Kier alpha value is -2.24. The molecule has 3 N–H and O–H groups in total. The molecule has 0 aliphatic carbocycles. The normalized spacial score (nSPS) is 9.72. The van der Waals surface area contributed by atoms with Crippen LogP contribution in [0.3, 0.4) is 0 Å². The second-order valence-electron chi connectivity index (χ2n) is 3.54. The van der Waals surface area contributed by atoms with Gasteiger partial charge in [-0.3, -0.25) is 4.79 Å². The number of nitrogens with two attached hydrogens (primary N) is 1. The van der Waals surface area contributed by atoms with E-state index in [0.717, 1.165) is 0 Å². The molecule has 0 aromatic heterocycles. The highest BCUT2D eigenvalue weighted by Gasteiger charge is 2.15. The fourth-order valence-corrected chi connectivity index (χ4v) is 1.53. The maximum absolute atomic E-state index is 10.8. The molecule has 1 aromatic carbocycles. The number of ether oxygens (including phenoxy) is 3. The minimum absolute atomic E-state index is 0.0988. The molecule has 0 aliphatic heterocycles. The molecule has 0 heterocycles. The Labute approximate surface area is 105 Å². The lowest BCUT2D eigenvalue weighted by molar-refractivity contribution is -0.116. The third-order valence-corrected chi connectivity index (χ3v) is 2.36. The quantitative estimate of drug-likeness (QED) is 0.737. The van der Waals surface area contributed by atoms with Crippen LogP contribution in [0.2, 0.25) is 0 Å². The standard InChI is InChI=1S/C12H16N2O4/c1-16-9-4-7(8(13)6-11(14)15)5-10(17-2)12(9)18-3/h4-5,13H,6H2,1-3H3,(H2,14,15). The van der Waals surface area contributed by atoms with Gasteiger partial charge in [0.05, 0.1) is 27.8 Å². The number of carbonyl (C=O) groups excluding carboxylic acids is 1. The zero-order valence-electron chi connectivity index (χ0n) is 10.6. The fourth-order valence-electron chi connectivity index (χ4n) is 1.53. The maximum Gasteiger partial charge on any atom is 0.223 e. The van der Waals surface area contributed by atoms with Crippen LogP contribution in [0.15, 0.2) is 12.1 Å². The first-order valence-corrected chi connectivity index (χ1v) is 5.19. The van der Waals surface area contributed by atoms with Gasteiger partial charge in [0.25, 0.3) is 0 Å². The fraction of sp³-hybridized carbons (Fsp3) is 0.333. The van der Waals surface area contributed by atoms with Crippen LogP contribution in [-0.2, 0) is 4.79 Å². The van der Waals surface area contributed by atoms with E-state index in [4.69, 9.17) is 25.4 Å². The summed E-state index contributed by atoms with van der Waals surface area (Å²) in [6, 6.07) is 3.21. The summed E-state index contributed by atoms with van der Waals surface area (Å²) in [7, 11) is 4.46. The molecule has 0 spiro atoms. The molecule has 0 radical (unpaired) electrons. The highest BCUT2D eigenvalue weighted by atomic mass is 16.5. The Balaban J connectivity index is 3.22.